The van der Waals surface area contributed by atoms with Crippen LogP contribution in [-0.2, 0) is 0 Å². The van der Waals surface area contributed by atoms with Gasteiger partial charge in [-0.1, -0.05) is 12.1 Å². The Kier molecular flexibility index (Phi) is 10.6. The predicted octanol–water partition coefficient (Wildman–Crippen LogP) is 4.42. The number of benzene rings is 1. The lowest BCUT2D eigenvalue weighted by Gasteiger charge is -2.35. The molecule has 1 N–H and O–H groups in total. The number of rotatable bonds is 6. The zero-order valence-electron chi connectivity index (χ0n) is 13.3. The lowest BCUT2D eigenvalue weighted by molar-refractivity contribution is -0.138. The van der Waals surface area contributed by atoms with E-state index in [0.29, 0.717) is 18.7 Å². The highest BCUT2D eigenvalue weighted by atomic mass is 35.5. The predicted molar refractivity (Wildman–Crippen MR) is 90.0 cm³/mol. The summed E-state index contributed by atoms with van der Waals surface area (Å²) >= 11 is 0. The van der Waals surface area contributed by atoms with Crippen LogP contribution in [0.2, 0.25) is 0 Å². The second-order valence-corrected chi connectivity index (χ2v) is 5.40. The average Bonchev–Trinajstić information content (AvgIpc) is 2.48. The summed E-state index contributed by atoms with van der Waals surface area (Å²) < 4.78 is 66.3. The van der Waals surface area contributed by atoms with Crippen LogP contribution in [0, 0.1) is 0 Å². The van der Waals surface area contributed by atoms with Crippen LogP contribution in [0.5, 0.6) is 5.75 Å². The molecule has 1 aromatic carbocycles. The van der Waals surface area contributed by atoms with Gasteiger partial charge < -0.3 is 10.1 Å². The summed E-state index contributed by atoms with van der Waals surface area (Å²) in [7, 11) is 0. The molecule has 1 fully saturated rings. The number of alkyl halides is 5. The smallest absolute Gasteiger partial charge is 0.389 e. The third kappa shape index (κ3) is 8.40. The fraction of sp³-hybridized carbons (Fsp3) is 0.600. The van der Waals surface area contributed by atoms with Crippen LogP contribution in [0.4, 0.5) is 22.0 Å². The first kappa shape index (κ1) is 24.2. The normalized spacial score (nSPS) is 16.7. The van der Waals surface area contributed by atoms with Gasteiger partial charge in [-0.15, -0.1) is 24.8 Å². The number of nitrogens with zero attached hydrogens (tertiary/aromatic N) is 1. The minimum atomic E-state index is -4.22. The molecule has 1 heterocycles. The number of piperazine rings is 1. The van der Waals surface area contributed by atoms with Gasteiger partial charge in [-0.05, 0) is 24.1 Å². The number of nitrogens with one attached hydrogen (secondary N) is 1. The van der Waals surface area contributed by atoms with Gasteiger partial charge in [0.1, 0.15) is 5.75 Å². The third-order valence-electron chi connectivity index (χ3n) is 3.78. The Hall–Kier alpha value is -0.830. The van der Waals surface area contributed by atoms with Crippen LogP contribution in [0.15, 0.2) is 24.3 Å². The van der Waals surface area contributed by atoms with Crippen LogP contribution in [0.1, 0.15) is 24.4 Å². The monoisotopic (exact) mass is 410 g/mol. The van der Waals surface area contributed by atoms with E-state index in [9.17, 15) is 22.0 Å². The van der Waals surface area contributed by atoms with Gasteiger partial charge in [-0.25, -0.2) is 0 Å². The highest BCUT2D eigenvalue weighted by Crippen LogP contribution is 2.32. The first-order valence-corrected chi connectivity index (χ1v) is 7.41. The highest BCUT2D eigenvalue weighted by molar-refractivity contribution is 5.85. The molecule has 1 aromatic rings. The van der Waals surface area contributed by atoms with Crippen LogP contribution < -0.4 is 10.1 Å². The lowest BCUT2D eigenvalue weighted by Crippen LogP contribution is -2.45. The summed E-state index contributed by atoms with van der Waals surface area (Å²) in [4.78, 5) is 1.99. The number of hydrogen-bond acceptors (Lipinski definition) is 3. The molecule has 1 saturated heterocycles. The summed E-state index contributed by atoms with van der Waals surface area (Å²) in [6.45, 7) is -0.185. The van der Waals surface area contributed by atoms with Gasteiger partial charge in [0.25, 0.3) is 0 Å². The molecule has 10 heteroatoms. The highest BCUT2D eigenvalue weighted by Gasteiger charge is 2.31. The molecule has 1 aliphatic heterocycles. The SMILES string of the molecule is Cl.Cl.FC(F)Oc1ccc([C@@H](CCC(F)(F)F)N2CCNCC2)cc1. The van der Waals surface area contributed by atoms with E-state index >= 15 is 0 Å². The largest absolute Gasteiger partial charge is 0.435 e. The molecule has 2 rings (SSSR count). The Morgan fingerprint density at radius 2 is 1.60 bits per heavy atom. The van der Waals surface area contributed by atoms with Crippen molar-refractivity contribution in [2.45, 2.75) is 31.7 Å². The molecule has 146 valence electrons. The van der Waals surface area contributed by atoms with Crippen molar-refractivity contribution >= 4 is 24.8 Å². The third-order valence-corrected chi connectivity index (χ3v) is 3.78. The van der Waals surface area contributed by atoms with E-state index in [4.69, 9.17) is 0 Å². The quantitative estimate of drug-likeness (QED) is 0.702. The van der Waals surface area contributed by atoms with Crippen LogP contribution >= 0.6 is 24.8 Å². The molecule has 25 heavy (non-hydrogen) atoms. The van der Waals surface area contributed by atoms with Crippen molar-refractivity contribution in [3.63, 3.8) is 0 Å². The Balaban J connectivity index is 0.00000288. The van der Waals surface area contributed by atoms with Crippen molar-refractivity contribution in [2.75, 3.05) is 26.2 Å². The zero-order valence-corrected chi connectivity index (χ0v) is 14.9. The van der Waals surface area contributed by atoms with Gasteiger partial charge >= 0.3 is 12.8 Å². The summed E-state index contributed by atoms with van der Waals surface area (Å²) in [5.41, 5.74) is 0.678. The van der Waals surface area contributed by atoms with Gasteiger partial charge in [0, 0.05) is 38.6 Å². The van der Waals surface area contributed by atoms with Crippen molar-refractivity contribution < 1.29 is 26.7 Å². The minimum Gasteiger partial charge on any atom is -0.435 e. The molecule has 0 bridgehead atoms. The van der Waals surface area contributed by atoms with E-state index in [1.54, 1.807) is 12.1 Å². The van der Waals surface area contributed by atoms with Gasteiger partial charge in [0.05, 0.1) is 0 Å². The zero-order chi connectivity index (χ0) is 16.9. The van der Waals surface area contributed by atoms with Gasteiger partial charge in [0.2, 0.25) is 0 Å². The second-order valence-electron chi connectivity index (χ2n) is 5.40. The molecule has 1 atom stereocenters. The number of ether oxygens (including phenoxy) is 1. The van der Waals surface area contributed by atoms with Gasteiger partial charge in [-0.3, -0.25) is 4.90 Å². The van der Waals surface area contributed by atoms with Crippen molar-refractivity contribution in [1.82, 2.24) is 10.2 Å². The molecule has 0 aliphatic carbocycles. The summed E-state index contributed by atoms with van der Waals surface area (Å²) in [6.07, 6.45) is -5.15. The Bertz CT molecular complexity index is 482. The van der Waals surface area contributed by atoms with Crippen molar-refractivity contribution in [3.05, 3.63) is 29.8 Å². The molecule has 0 aromatic heterocycles. The first-order chi connectivity index (χ1) is 10.8. The van der Waals surface area contributed by atoms with Crippen LogP contribution in [0.3, 0.4) is 0 Å². The van der Waals surface area contributed by atoms with Crippen molar-refractivity contribution in [2.24, 2.45) is 0 Å². The molecule has 0 unspecified atom stereocenters. The van der Waals surface area contributed by atoms with E-state index in [1.165, 1.54) is 12.1 Å². The minimum absolute atomic E-state index is 0. The molecular weight excluding hydrogens is 390 g/mol. The lowest BCUT2D eigenvalue weighted by atomic mass is 9.99. The first-order valence-electron chi connectivity index (χ1n) is 7.41. The summed E-state index contributed by atoms with van der Waals surface area (Å²) in [5.74, 6) is -0.00127. The summed E-state index contributed by atoms with van der Waals surface area (Å²) in [5, 5.41) is 3.16. The second kappa shape index (κ2) is 11.0. The van der Waals surface area contributed by atoms with Crippen LogP contribution in [-0.4, -0.2) is 43.9 Å². The fourth-order valence-corrected chi connectivity index (χ4v) is 2.73. The average molecular weight is 411 g/mol. The fourth-order valence-electron chi connectivity index (χ4n) is 2.73. The van der Waals surface area contributed by atoms with E-state index in [-0.39, 0.29) is 43.0 Å². The van der Waals surface area contributed by atoms with Gasteiger partial charge in [0.15, 0.2) is 0 Å². The molecule has 3 nitrogen and oxygen atoms in total. The Morgan fingerprint density at radius 3 is 2.08 bits per heavy atom. The van der Waals surface area contributed by atoms with E-state index in [2.05, 4.69) is 10.1 Å². The van der Waals surface area contributed by atoms with Crippen molar-refractivity contribution in [1.29, 1.82) is 0 Å². The Morgan fingerprint density at radius 1 is 1.04 bits per heavy atom. The van der Waals surface area contributed by atoms with E-state index < -0.39 is 19.2 Å². The topological polar surface area (TPSA) is 24.5 Å². The Labute approximate surface area is 155 Å². The molecule has 0 amide bonds. The maximum atomic E-state index is 12.6. The molecule has 0 spiro atoms. The van der Waals surface area contributed by atoms with Crippen molar-refractivity contribution in [3.8, 4) is 5.75 Å². The number of halogens is 7. The maximum Gasteiger partial charge on any atom is 0.389 e. The summed E-state index contributed by atoms with van der Waals surface area (Å²) in [6, 6.07) is 5.45. The number of hydrogen-bond donors (Lipinski definition) is 1. The van der Waals surface area contributed by atoms with E-state index in [0.717, 1.165) is 13.1 Å². The molecule has 1 aliphatic rings. The van der Waals surface area contributed by atoms with Crippen LogP contribution in [0.25, 0.3) is 0 Å². The maximum absolute atomic E-state index is 12.6. The molecule has 0 saturated carbocycles. The molecule has 0 radical (unpaired) electrons. The van der Waals surface area contributed by atoms with Gasteiger partial charge in [-0.2, -0.15) is 22.0 Å². The molecular formula is C15H21Cl2F5N2O. The standard InChI is InChI=1S/C15H19F5N2O.2ClH/c16-14(17)23-12-3-1-11(2-4-12)13(5-6-15(18,19)20)22-9-7-21-8-10-22;;/h1-4,13-14,21H,5-10H2;2*1H/t13-;;/m1../s1. The van der Waals surface area contributed by atoms with E-state index in [1.807, 2.05) is 4.90 Å².